The molecule has 0 aliphatic carbocycles. The molecule has 0 bridgehead atoms. The average Bonchev–Trinajstić information content (AvgIpc) is 2.54. The van der Waals surface area contributed by atoms with Crippen LogP contribution in [0.4, 0.5) is 0 Å². The zero-order chi connectivity index (χ0) is 19.4. The Morgan fingerprint density at radius 1 is 1.35 bits per heavy atom. The molecule has 5 nitrogen and oxygen atoms in total. The number of nitrogens with zero attached hydrogens (tertiary/aromatic N) is 2. The van der Waals surface area contributed by atoms with Crippen LogP contribution in [0.5, 0.6) is 0 Å². The number of hydrogen-bond donors (Lipinski definition) is 0. The van der Waals surface area contributed by atoms with Crippen LogP contribution in [0.1, 0.15) is 32.3 Å². The second-order valence-corrected chi connectivity index (χ2v) is 7.00. The summed E-state index contributed by atoms with van der Waals surface area (Å²) in [6.45, 7) is 13.0. The van der Waals surface area contributed by atoms with Crippen LogP contribution in [0.25, 0.3) is 4.85 Å². The predicted molar refractivity (Wildman–Crippen MR) is 103 cm³/mol. The number of carbonyl (C=O) groups excluding carboxylic acids is 1. The van der Waals surface area contributed by atoms with Gasteiger partial charge in [-0.2, -0.15) is 0 Å². The van der Waals surface area contributed by atoms with Gasteiger partial charge in [-0.25, -0.2) is 11.4 Å². The van der Waals surface area contributed by atoms with E-state index < -0.39 is 17.9 Å². The summed E-state index contributed by atoms with van der Waals surface area (Å²) >= 11 is 12.8. The molecule has 1 heterocycles. The van der Waals surface area contributed by atoms with E-state index in [-0.39, 0.29) is 18.3 Å². The van der Waals surface area contributed by atoms with E-state index in [4.69, 9.17) is 39.2 Å². The molecule has 7 heteroatoms. The number of halogens is 2. The first-order valence-corrected chi connectivity index (χ1v) is 8.86. The van der Waals surface area contributed by atoms with Gasteiger partial charge in [-0.3, -0.25) is 4.99 Å². The zero-order valence-corrected chi connectivity index (χ0v) is 16.6. The topological polar surface area (TPSA) is 52.2 Å². The molecule has 0 saturated carbocycles. The first-order valence-electron chi connectivity index (χ1n) is 8.10. The average molecular weight is 395 g/mol. The lowest BCUT2D eigenvalue weighted by Gasteiger charge is -2.28. The molecule has 26 heavy (non-hydrogen) atoms. The number of methoxy groups -OCH3 is 1. The Bertz CT molecular complexity index is 789. The summed E-state index contributed by atoms with van der Waals surface area (Å²) in [5, 5.41) is 0.773. The molecule has 0 amide bonds. The lowest BCUT2D eigenvalue weighted by atomic mass is 9.80. The van der Waals surface area contributed by atoms with Crippen LogP contribution in [0.15, 0.2) is 34.5 Å². The smallest absolute Gasteiger partial charge is 0.337 e. The summed E-state index contributed by atoms with van der Waals surface area (Å²) in [4.78, 5) is 21.0. The van der Waals surface area contributed by atoms with Gasteiger partial charge in [0.15, 0.2) is 0 Å². The van der Waals surface area contributed by atoms with E-state index in [0.717, 1.165) is 0 Å². The van der Waals surface area contributed by atoms with Gasteiger partial charge in [0, 0.05) is 22.7 Å². The van der Waals surface area contributed by atoms with Gasteiger partial charge >= 0.3 is 5.97 Å². The summed E-state index contributed by atoms with van der Waals surface area (Å²) in [6, 6.07) is 4.39. The molecule has 0 saturated heterocycles. The Labute approximate surface area is 163 Å². The minimum Gasteiger partial charge on any atom is -0.460 e. The second-order valence-electron chi connectivity index (χ2n) is 6.19. The highest BCUT2D eigenvalue weighted by atomic mass is 35.5. The molecule has 0 N–H and O–H groups in total. The third-order valence-electron chi connectivity index (χ3n) is 3.97. The molecule has 0 radical (unpaired) electrons. The third kappa shape index (κ3) is 4.09. The Kier molecular flexibility index (Phi) is 6.82. The fourth-order valence-electron chi connectivity index (χ4n) is 2.96. The molecule has 1 aliphatic rings. The highest BCUT2D eigenvalue weighted by Crippen LogP contribution is 2.43. The van der Waals surface area contributed by atoms with Gasteiger partial charge in [-0.05, 0) is 32.9 Å². The van der Waals surface area contributed by atoms with Crippen LogP contribution in [0, 0.1) is 6.57 Å². The van der Waals surface area contributed by atoms with Crippen molar-refractivity contribution in [1.29, 1.82) is 0 Å². The van der Waals surface area contributed by atoms with E-state index >= 15 is 0 Å². The van der Waals surface area contributed by atoms with E-state index in [1.807, 2.05) is 0 Å². The minimum absolute atomic E-state index is 0.114. The minimum atomic E-state index is -0.706. The molecule has 0 aromatic heterocycles. The first kappa shape index (κ1) is 20.4. The lowest BCUT2D eigenvalue weighted by molar-refractivity contribution is -0.143. The number of esters is 1. The van der Waals surface area contributed by atoms with E-state index in [9.17, 15) is 4.79 Å². The number of aliphatic imine (C=N–C) groups is 1. The van der Waals surface area contributed by atoms with Crippen molar-refractivity contribution in [2.75, 3.05) is 13.7 Å². The van der Waals surface area contributed by atoms with E-state index in [1.165, 1.54) is 7.11 Å². The van der Waals surface area contributed by atoms with Gasteiger partial charge in [-0.15, -0.1) is 0 Å². The SMILES string of the molecule is [C-]#[N+]C1C(C)=NC(COC)=C(C(=O)OC(C)C)C1c1c(Cl)cccc1Cl. The van der Waals surface area contributed by atoms with E-state index in [2.05, 4.69) is 9.84 Å². The zero-order valence-electron chi connectivity index (χ0n) is 15.0. The summed E-state index contributed by atoms with van der Waals surface area (Å²) in [5.74, 6) is -1.22. The molecule has 2 unspecified atom stereocenters. The van der Waals surface area contributed by atoms with Crippen LogP contribution in [0.2, 0.25) is 10.0 Å². The van der Waals surface area contributed by atoms with E-state index in [0.29, 0.717) is 27.0 Å². The van der Waals surface area contributed by atoms with Crippen LogP contribution in [0.3, 0.4) is 0 Å². The van der Waals surface area contributed by atoms with E-state index in [1.54, 1.807) is 39.0 Å². The van der Waals surface area contributed by atoms with Crippen molar-refractivity contribution in [1.82, 2.24) is 0 Å². The Morgan fingerprint density at radius 3 is 2.46 bits per heavy atom. The van der Waals surface area contributed by atoms with Gasteiger partial charge < -0.3 is 14.3 Å². The van der Waals surface area contributed by atoms with Crippen molar-refractivity contribution in [2.45, 2.75) is 38.8 Å². The van der Waals surface area contributed by atoms with Crippen LogP contribution >= 0.6 is 23.2 Å². The van der Waals surface area contributed by atoms with Crippen molar-refractivity contribution >= 4 is 34.9 Å². The second kappa shape index (κ2) is 8.68. The summed E-state index contributed by atoms with van der Waals surface area (Å²) in [6.07, 6.45) is -0.320. The maximum absolute atomic E-state index is 12.9. The first-order chi connectivity index (χ1) is 12.3. The van der Waals surface area contributed by atoms with Crippen molar-refractivity contribution < 1.29 is 14.3 Å². The summed E-state index contributed by atoms with van der Waals surface area (Å²) in [7, 11) is 1.52. The number of carbonyl (C=O) groups is 1. The number of hydrogen-bond acceptors (Lipinski definition) is 4. The van der Waals surface area contributed by atoms with Crippen molar-refractivity contribution in [3.8, 4) is 0 Å². The van der Waals surface area contributed by atoms with Gasteiger partial charge in [0.2, 0.25) is 0 Å². The molecule has 1 aliphatic heterocycles. The van der Waals surface area contributed by atoms with Crippen LogP contribution in [-0.2, 0) is 14.3 Å². The largest absolute Gasteiger partial charge is 0.460 e. The highest BCUT2D eigenvalue weighted by Gasteiger charge is 2.44. The molecular weight excluding hydrogens is 375 g/mol. The van der Waals surface area contributed by atoms with Gasteiger partial charge in [0.25, 0.3) is 6.04 Å². The highest BCUT2D eigenvalue weighted by molar-refractivity contribution is 6.36. The number of ether oxygens (including phenoxy) is 2. The number of benzene rings is 1. The lowest BCUT2D eigenvalue weighted by Crippen LogP contribution is -2.34. The quantitative estimate of drug-likeness (QED) is 0.537. The normalized spacial score (nSPS) is 20.0. The van der Waals surface area contributed by atoms with Gasteiger partial charge in [0.1, 0.15) is 5.92 Å². The molecule has 1 aromatic carbocycles. The maximum atomic E-state index is 12.9. The summed E-state index contributed by atoms with van der Waals surface area (Å²) < 4.78 is 10.6. The van der Waals surface area contributed by atoms with Crippen molar-refractivity contribution in [2.24, 2.45) is 4.99 Å². The standard InChI is InChI=1S/C19H20Cl2N2O3/c1-10(2)26-19(24)16-14(9-25-5)23-11(3)18(22-4)17(16)15-12(20)7-6-8-13(15)21/h6-8,10,17-18H,9H2,1-3,5H3. The van der Waals surface area contributed by atoms with Gasteiger partial charge in [0.05, 0.1) is 29.7 Å². The third-order valence-corrected chi connectivity index (χ3v) is 4.63. The monoisotopic (exact) mass is 394 g/mol. The molecule has 2 atom stereocenters. The number of rotatable bonds is 5. The fraction of sp³-hybridized carbons (Fsp3) is 0.421. The molecular formula is C19H20Cl2N2O3. The summed E-state index contributed by atoms with van der Waals surface area (Å²) in [5.41, 5.74) is 1.79. The van der Waals surface area contributed by atoms with Crippen LogP contribution < -0.4 is 0 Å². The van der Waals surface area contributed by atoms with Crippen molar-refractivity contribution in [3.63, 3.8) is 0 Å². The molecule has 2 rings (SSSR count). The molecule has 138 valence electrons. The predicted octanol–water partition coefficient (Wildman–Crippen LogP) is 4.69. The van der Waals surface area contributed by atoms with Crippen molar-refractivity contribution in [3.05, 3.63) is 56.5 Å². The van der Waals surface area contributed by atoms with Crippen LogP contribution in [-0.4, -0.2) is 37.5 Å². The Hall–Kier alpha value is -1.87. The Morgan fingerprint density at radius 2 is 1.96 bits per heavy atom. The fourth-order valence-corrected chi connectivity index (χ4v) is 3.60. The van der Waals surface area contributed by atoms with Gasteiger partial charge in [-0.1, -0.05) is 29.3 Å². The maximum Gasteiger partial charge on any atom is 0.337 e. The molecule has 0 fully saturated rings. The molecule has 1 aromatic rings. The molecule has 0 spiro atoms. The Balaban J connectivity index is 2.75.